The van der Waals surface area contributed by atoms with E-state index in [9.17, 15) is 0 Å². The topological polar surface area (TPSA) is 77.8 Å². The molecular formula is C13H9ClN4O. The molecule has 0 radical (unpaired) electrons. The molecule has 19 heavy (non-hydrogen) atoms. The molecule has 94 valence electrons. The molecule has 0 aliphatic carbocycles. The van der Waals surface area contributed by atoms with E-state index in [2.05, 4.69) is 15.1 Å². The summed E-state index contributed by atoms with van der Waals surface area (Å²) in [6.07, 6.45) is 3.35. The average molecular weight is 273 g/mol. The maximum atomic E-state index is 6.10. The van der Waals surface area contributed by atoms with Gasteiger partial charge in [-0.05, 0) is 30.3 Å². The van der Waals surface area contributed by atoms with E-state index in [0.717, 1.165) is 5.56 Å². The first-order valence-corrected chi connectivity index (χ1v) is 5.91. The number of nitrogen functional groups attached to an aromatic ring is 1. The Hall–Kier alpha value is -2.40. The molecule has 0 aliphatic rings. The lowest BCUT2D eigenvalue weighted by molar-refractivity contribution is 0.432. The van der Waals surface area contributed by atoms with E-state index in [-0.39, 0.29) is 0 Å². The van der Waals surface area contributed by atoms with E-state index in [4.69, 9.17) is 21.9 Å². The van der Waals surface area contributed by atoms with Crippen LogP contribution in [-0.2, 0) is 0 Å². The van der Waals surface area contributed by atoms with E-state index in [1.54, 1.807) is 30.6 Å². The minimum Gasteiger partial charge on any atom is -0.399 e. The number of halogens is 1. The summed E-state index contributed by atoms with van der Waals surface area (Å²) in [5.74, 6) is 0.819. The summed E-state index contributed by atoms with van der Waals surface area (Å²) in [7, 11) is 0. The largest absolute Gasteiger partial charge is 0.399 e. The van der Waals surface area contributed by atoms with Crippen LogP contribution in [-0.4, -0.2) is 15.1 Å². The molecule has 0 unspecified atom stereocenters. The van der Waals surface area contributed by atoms with E-state index in [0.29, 0.717) is 28.0 Å². The van der Waals surface area contributed by atoms with Crippen LogP contribution >= 0.6 is 11.6 Å². The highest BCUT2D eigenvalue weighted by Gasteiger charge is 2.13. The van der Waals surface area contributed by atoms with Crippen molar-refractivity contribution in [3.63, 3.8) is 0 Å². The first kappa shape index (κ1) is 11.7. The van der Waals surface area contributed by atoms with Crippen molar-refractivity contribution in [2.75, 3.05) is 5.73 Å². The van der Waals surface area contributed by atoms with Gasteiger partial charge in [0, 0.05) is 23.6 Å². The van der Waals surface area contributed by atoms with Crippen molar-refractivity contribution >= 4 is 17.3 Å². The van der Waals surface area contributed by atoms with Gasteiger partial charge in [0.05, 0.1) is 10.6 Å². The predicted octanol–water partition coefficient (Wildman–Crippen LogP) is 3.03. The molecular weight excluding hydrogens is 264 g/mol. The number of hydrogen-bond donors (Lipinski definition) is 1. The molecule has 0 saturated heterocycles. The van der Waals surface area contributed by atoms with Crippen LogP contribution in [0.4, 0.5) is 5.69 Å². The first-order chi connectivity index (χ1) is 9.24. The van der Waals surface area contributed by atoms with Gasteiger partial charge in [-0.3, -0.25) is 4.98 Å². The van der Waals surface area contributed by atoms with Gasteiger partial charge in [-0.25, -0.2) is 0 Å². The predicted molar refractivity (Wildman–Crippen MR) is 72.4 cm³/mol. The van der Waals surface area contributed by atoms with Crippen molar-refractivity contribution in [1.82, 2.24) is 15.1 Å². The Morgan fingerprint density at radius 3 is 2.84 bits per heavy atom. The van der Waals surface area contributed by atoms with Crippen LogP contribution < -0.4 is 5.73 Å². The summed E-state index contributed by atoms with van der Waals surface area (Å²) in [5.41, 5.74) is 7.66. The van der Waals surface area contributed by atoms with Gasteiger partial charge < -0.3 is 10.3 Å². The fourth-order valence-corrected chi connectivity index (χ4v) is 1.92. The average Bonchev–Trinajstić information content (AvgIpc) is 2.89. The van der Waals surface area contributed by atoms with Crippen molar-refractivity contribution in [2.24, 2.45) is 0 Å². The fourth-order valence-electron chi connectivity index (χ4n) is 1.65. The molecule has 3 rings (SSSR count). The summed E-state index contributed by atoms with van der Waals surface area (Å²) in [6, 6.07) is 8.78. The molecule has 1 aromatic carbocycles. The third-order valence-electron chi connectivity index (χ3n) is 2.57. The van der Waals surface area contributed by atoms with Gasteiger partial charge in [0.15, 0.2) is 0 Å². The zero-order valence-corrected chi connectivity index (χ0v) is 10.5. The van der Waals surface area contributed by atoms with Crippen LogP contribution in [0.1, 0.15) is 0 Å². The van der Waals surface area contributed by atoms with Crippen LogP contribution in [0.15, 0.2) is 47.2 Å². The van der Waals surface area contributed by atoms with Crippen LogP contribution in [0.5, 0.6) is 0 Å². The van der Waals surface area contributed by atoms with Gasteiger partial charge in [-0.2, -0.15) is 4.98 Å². The Morgan fingerprint density at radius 1 is 1.21 bits per heavy atom. The van der Waals surface area contributed by atoms with E-state index in [1.165, 1.54) is 0 Å². The lowest BCUT2D eigenvalue weighted by atomic mass is 10.2. The van der Waals surface area contributed by atoms with Gasteiger partial charge in [0.1, 0.15) is 0 Å². The van der Waals surface area contributed by atoms with Gasteiger partial charge in [0.2, 0.25) is 5.82 Å². The smallest absolute Gasteiger partial charge is 0.259 e. The van der Waals surface area contributed by atoms with Gasteiger partial charge in [-0.1, -0.05) is 16.8 Å². The van der Waals surface area contributed by atoms with E-state index in [1.807, 2.05) is 12.1 Å². The number of benzene rings is 1. The Kier molecular flexibility index (Phi) is 2.89. The number of pyridine rings is 1. The van der Waals surface area contributed by atoms with Crippen LogP contribution in [0.25, 0.3) is 22.8 Å². The van der Waals surface area contributed by atoms with Gasteiger partial charge in [0.25, 0.3) is 5.89 Å². The minimum absolute atomic E-state index is 0.351. The minimum atomic E-state index is 0.351. The summed E-state index contributed by atoms with van der Waals surface area (Å²) in [5, 5.41) is 4.38. The second-order valence-electron chi connectivity index (χ2n) is 3.90. The van der Waals surface area contributed by atoms with Crippen molar-refractivity contribution in [3.8, 4) is 22.8 Å². The van der Waals surface area contributed by atoms with E-state index >= 15 is 0 Å². The molecule has 2 aromatic heterocycles. The maximum absolute atomic E-state index is 6.10. The molecule has 2 heterocycles. The summed E-state index contributed by atoms with van der Waals surface area (Å²) in [6.45, 7) is 0. The molecule has 0 bridgehead atoms. The monoisotopic (exact) mass is 272 g/mol. The molecule has 2 N–H and O–H groups in total. The lowest BCUT2D eigenvalue weighted by Crippen LogP contribution is -1.86. The van der Waals surface area contributed by atoms with Crippen molar-refractivity contribution < 1.29 is 4.52 Å². The van der Waals surface area contributed by atoms with E-state index < -0.39 is 0 Å². The normalized spacial score (nSPS) is 10.6. The van der Waals surface area contributed by atoms with Crippen LogP contribution in [0.3, 0.4) is 0 Å². The third kappa shape index (κ3) is 2.28. The Bertz CT molecular complexity index is 712. The highest BCUT2D eigenvalue weighted by Crippen LogP contribution is 2.29. The molecule has 0 amide bonds. The molecule has 5 nitrogen and oxygen atoms in total. The molecule has 0 saturated carbocycles. The zero-order valence-electron chi connectivity index (χ0n) is 9.75. The molecule has 0 aliphatic heterocycles. The number of nitrogens with two attached hydrogens (primary N) is 1. The SMILES string of the molecule is Nc1ccc(-c2nc(-c3cccnc3)no2)c(Cl)c1. The zero-order chi connectivity index (χ0) is 13.2. The second-order valence-corrected chi connectivity index (χ2v) is 4.31. The number of aromatic nitrogens is 3. The number of anilines is 1. The molecule has 0 atom stereocenters. The standard InChI is InChI=1S/C13H9ClN4O/c14-11-6-9(15)3-4-10(11)13-17-12(18-19-13)8-2-1-5-16-7-8/h1-7H,15H2. The highest BCUT2D eigenvalue weighted by molar-refractivity contribution is 6.33. The van der Waals surface area contributed by atoms with Crippen LogP contribution in [0.2, 0.25) is 5.02 Å². The fraction of sp³-hybridized carbons (Fsp3) is 0. The molecule has 6 heteroatoms. The molecule has 3 aromatic rings. The van der Waals surface area contributed by atoms with Gasteiger partial charge in [-0.15, -0.1) is 0 Å². The van der Waals surface area contributed by atoms with Crippen molar-refractivity contribution in [3.05, 3.63) is 47.7 Å². The molecule has 0 spiro atoms. The highest BCUT2D eigenvalue weighted by atomic mass is 35.5. The Morgan fingerprint density at radius 2 is 2.11 bits per heavy atom. The Labute approximate surface area is 114 Å². The Balaban J connectivity index is 2.02. The summed E-state index contributed by atoms with van der Waals surface area (Å²) < 4.78 is 5.21. The maximum Gasteiger partial charge on any atom is 0.259 e. The summed E-state index contributed by atoms with van der Waals surface area (Å²) in [4.78, 5) is 8.31. The van der Waals surface area contributed by atoms with Crippen molar-refractivity contribution in [1.29, 1.82) is 0 Å². The van der Waals surface area contributed by atoms with Crippen LogP contribution in [0, 0.1) is 0 Å². The van der Waals surface area contributed by atoms with Gasteiger partial charge >= 0.3 is 0 Å². The number of rotatable bonds is 2. The number of hydrogen-bond acceptors (Lipinski definition) is 5. The first-order valence-electron chi connectivity index (χ1n) is 5.53. The summed E-state index contributed by atoms with van der Waals surface area (Å²) >= 11 is 6.10. The molecule has 0 fully saturated rings. The van der Waals surface area contributed by atoms with Crippen molar-refractivity contribution in [2.45, 2.75) is 0 Å². The second kappa shape index (κ2) is 4.70. The third-order valence-corrected chi connectivity index (χ3v) is 2.88. The quantitative estimate of drug-likeness (QED) is 0.726. The lowest BCUT2D eigenvalue weighted by Gasteiger charge is -1.99. The number of nitrogens with zero attached hydrogens (tertiary/aromatic N) is 3.